The Morgan fingerprint density at radius 1 is 1.03 bits per heavy atom. The van der Waals surface area contributed by atoms with Crippen LogP contribution in [0, 0.1) is 6.92 Å². The van der Waals surface area contributed by atoms with Crippen molar-refractivity contribution >= 4 is 27.9 Å². The number of aromatic nitrogens is 4. The lowest BCUT2D eigenvalue weighted by molar-refractivity contribution is 0.102. The van der Waals surface area contributed by atoms with Gasteiger partial charge in [-0.15, -0.1) is 0 Å². The predicted molar refractivity (Wildman–Crippen MR) is 116 cm³/mol. The summed E-state index contributed by atoms with van der Waals surface area (Å²) in [6.45, 7) is 1.95. The van der Waals surface area contributed by atoms with Crippen LogP contribution in [-0.2, 0) is 0 Å². The van der Waals surface area contributed by atoms with Gasteiger partial charge in [0.15, 0.2) is 0 Å². The Kier molecular flexibility index (Phi) is 4.14. The van der Waals surface area contributed by atoms with Crippen LogP contribution in [0.15, 0.2) is 77.9 Å². The summed E-state index contributed by atoms with van der Waals surface area (Å²) in [7, 11) is 0. The van der Waals surface area contributed by atoms with Gasteiger partial charge in [-0.05, 0) is 42.8 Å². The molecule has 0 aliphatic rings. The van der Waals surface area contributed by atoms with Gasteiger partial charge in [0.1, 0.15) is 0 Å². The number of amides is 1. The number of H-pyrrole nitrogens is 1. The molecule has 0 bridgehead atoms. The van der Waals surface area contributed by atoms with Crippen molar-refractivity contribution in [1.29, 1.82) is 0 Å². The Morgan fingerprint density at radius 2 is 1.83 bits per heavy atom. The summed E-state index contributed by atoms with van der Waals surface area (Å²) in [6.07, 6.45) is 3.36. The quantitative estimate of drug-likeness (QED) is 0.486. The second-order valence-electron chi connectivity index (χ2n) is 7.02. The van der Waals surface area contributed by atoms with Crippen LogP contribution in [0.1, 0.15) is 15.9 Å². The predicted octanol–water partition coefficient (Wildman–Crippen LogP) is 3.80. The zero-order valence-corrected chi connectivity index (χ0v) is 16.1. The summed E-state index contributed by atoms with van der Waals surface area (Å²) in [5.74, 6) is -0.226. The van der Waals surface area contributed by atoms with Crippen molar-refractivity contribution in [3.05, 3.63) is 94.5 Å². The number of hydrogen-bond acceptors (Lipinski definition) is 4. The van der Waals surface area contributed by atoms with Gasteiger partial charge in [-0.1, -0.05) is 30.3 Å². The minimum Gasteiger partial charge on any atom is -0.322 e. The molecule has 0 atom stereocenters. The smallest absolute Gasteiger partial charge is 0.272 e. The molecule has 0 saturated carbocycles. The number of benzene rings is 2. The largest absolute Gasteiger partial charge is 0.322 e. The highest BCUT2D eigenvalue weighted by Gasteiger charge is 2.14. The highest BCUT2D eigenvalue weighted by molar-refractivity contribution is 6.09. The third-order valence-corrected chi connectivity index (χ3v) is 5.11. The highest BCUT2D eigenvalue weighted by atomic mass is 16.1. The lowest BCUT2D eigenvalue weighted by Gasteiger charge is -2.11. The van der Waals surface area contributed by atoms with E-state index in [9.17, 15) is 9.59 Å². The number of aryl methyl sites for hydroxylation is 1. The Morgan fingerprint density at radius 3 is 2.67 bits per heavy atom. The van der Waals surface area contributed by atoms with Crippen molar-refractivity contribution < 1.29 is 4.79 Å². The molecule has 0 fully saturated rings. The maximum Gasteiger partial charge on any atom is 0.272 e. The summed E-state index contributed by atoms with van der Waals surface area (Å²) < 4.78 is 1.66. The van der Waals surface area contributed by atoms with Gasteiger partial charge in [0.25, 0.3) is 11.5 Å². The first-order chi connectivity index (χ1) is 14.6. The van der Waals surface area contributed by atoms with Crippen LogP contribution in [0.5, 0.6) is 0 Å². The lowest BCUT2D eigenvalue weighted by Crippen LogP contribution is -2.12. The Hall–Kier alpha value is -4.26. The van der Waals surface area contributed by atoms with Crippen LogP contribution in [0.25, 0.3) is 27.5 Å². The number of nitrogens with one attached hydrogen (secondary N) is 2. The van der Waals surface area contributed by atoms with E-state index in [1.807, 2.05) is 61.5 Å². The fourth-order valence-electron chi connectivity index (χ4n) is 3.64. The van der Waals surface area contributed by atoms with Gasteiger partial charge in [-0.25, -0.2) is 9.61 Å². The van der Waals surface area contributed by atoms with Crippen molar-refractivity contribution in [2.24, 2.45) is 0 Å². The molecular formula is C23H17N5O2. The van der Waals surface area contributed by atoms with Crippen LogP contribution < -0.4 is 10.9 Å². The second kappa shape index (κ2) is 6.97. The minimum absolute atomic E-state index is 0.218. The molecule has 0 spiro atoms. The Balaban J connectivity index is 1.49. The van der Waals surface area contributed by atoms with Crippen molar-refractivity contribution in [2.75, 3.05) is 5.32 Å². The number of anilines is 1. The van der Waals surface area contributed by atoms with Crippen LogP contribution in [0.3, 0.4) is 0 Å². The van der Waals surface area contributed by atoms with Gasteiger partial charge in [0.2, 0.25) is 0 Å². The molecular weight excluding hydrogens is 378 g/mol. The zero-order chi connectivity index (χ0) is 20.7. The van der Waals surface area contributed by atoms with Gasteiger partial charge >= 0.3 is 0 Å². The average molecular weight is 395 g/mol. The van der Waals surface area contributed by atoms with E-state index in [1.54, 1.807) is 23.0 Å². The molecule has 7 nitrogen and oxygen atoms in total. The summed E-state index contributed by atoms with van der Waals surface area (Å²) in [5.41, 5.74) is 4.21. The molecule has 0 saturated heterocycles. The molecule has 146 valence electrons. The fraction of sp³-hybridized carbons (Fsp3) is 0.0435. The van der Waals surface area contributed by atoms with E-state index in [0.717, 1.165) is 22.0 Å². The van der Waals surface area contributed by atoms with E-state index in [0.29, 0.717) is 22.3 Å². The number of nitrogens with zero attached hydrogens (tertiary/aromatic N) is 3. The molecule has 0 aliphatic carbocycles. The third-order valence-electron chi connectivity index (χ3n) is 5.11. The maximum atomic E-state index is 12.8. The summed E-state index contributed by atoms with van der Waals surface area (Å²) in [6, 6.07) is 18.6. The molecule has 3 aromatic heterocycles. The lowest BCUT2D eigenvalue weighted by atomic mass is 10.0. The van der Waals surface area contributed by atoms with Gasteiger partial charge in [-0.3, -0.25) is 9.59 Å². The number of carbonyl (C=O) groups excluding carboxylic acids is 1. The zero-order valence-electron chi connectivity index (χ0n) is 16.1. The first kappa shape index (κ1) is 17.8. The van der Waals surface area contributed by atoms with Crippen molar-refractivity contribution in [2.45, 2.75) is 6.92 Å². The van der Waals surface area contributed by atoms with Gasteiger partial charge in [0, 0.05) is 22.8 Å². The highest BCUT2D eigenvalue weighted by Crippen LogP contribution is 2.29. The van der Waals surface area contributed by atoms with Crippen molar-refractivity contribution in [3.8, 4) is 11.3 Å². The molecule has 2 N–H and O–H groups in total. The van der Waals surface area contributed by atoms with Crippen LogP contribution in [0.4, 0.5) is 5.69 Å². The number of aromatic amines is 1. The van der Waals surface area contributed by atoms with Crippen LogP contribution >= 0.6 is 0 Å². The Bertz CT molecular complexity index is 1480. The number of carbonyl (C=O) groups is 1. The molecule has 1 amide bonds. The van der Waals surface area contributed by atoms with E-state index in [2.05, 4.69) is 20.6 Å². The van der Waals surface area contributed by atoms with E-state index < -0.39 is 0 Å². The summed E-state index contributed by atoms with van der Waals surface area (Å²) in [5, 5.41) is 15.3. The summed E-state index contributed by atoms with van der Waals surface area (Å²) >= 11 is 0. The first-order valence-corrected chi connectivity index (χ1v) is 9.44. The van der Waals surface area contributed by atoms with Gasteiger partial charge in [-0.2, -0.15) is 10.2 Å². The number of hydrogen-bond donors (Lipinski definition) is 2. The minimum atomic E-state index is -0.226. The molecule has 0 radical (unpaired) electrons. The second-order valence-corrected chi connectivity index (χ2v) is 7.02. The van der Waals surface area contributed by atoms with E-state index in [-0.39, 0.29) is 11.5 Å². The van der Waals surface area contributed by atoms with Crippen LogP contribution in [0.2, 0.25) is 0 Å². The molecule has 7 heteroatoms. The first-order valence-electron chi connectivity index (χ1n) is 9.44. The third kappa shape index (κ3) is 2.93. The van der Waals surface area contributed by atoms with E-state index in [1.165, 1.54) is 0 Å². The molecule has 5 aromatic rings. The average Bonchev–Trinajstić information content (AvgIpc) is 3.19. The van der Waals surface area contributed by atoms with E-state index in [4.69, 9.17) is 0 Å². The number of fused-ring (bicyclic) bond motifs is 2. The topological polar surface area (TPSA) is 92.2 Å². The fourth-order valence-corrected chi connectivity index (χ4v) is 3.64. The normalized spacial score (nSPS) is 11.1. The monoisotopic (exact) mass is 395 g/mol. The SMILES string of the molecule is Cc1cc(NC(=O)c2cnn3ccccc23)ccc1-c1n[nH]c(=O)c2ccccc12. The van der Waals surface area contributed by atoms with Gasteiger partial charge < -0.3 is 5.32 Å². The molecule has 3 heterocycles. The van der Waals surface area contributed by atoms with Crippen molar-refractivity contribution in [1.82, 2.24) is 19.8 Å². The standard InChI is InChI=1S/C23H17N5O2/c1-14-12-15(25-22(29)19-13-24-28-11-5-4-8-20(19)28)9-10-16(14)21-17-6-2-3-7-18(17)23(30)27-26-21/h2-13H,1H3,(H,25,29)(H,27,30). The number of rotatable bonds is 3. The molecule has 5 rings (SSSR count). The van der Waals surface area contributed by atoms with Crippen molar-refractivity contribution in [3.63, 3.8) is 0 Å². The number of pyridine rings is 1. The summed E-state index contributed by atoms with van der Waals surface area (Å²) in [4.78, 5) is 24.8. The maximum absolute atomic E-state index is 12.8. The Labute approximate surface area is 171 Å². The molecule has 2 aromatic carbocycles. The molecule has 0 aliphatic heterocycles. The molecule has 0 unspecified atom stereocenters. The van der Waals surface area contributed by atoms with E-state index >= 15 is 0 Å². The van der Waals surface area contributed by atoms with Crippen LogP contribution in [-0.4, -0.2) is 25.7 Å². The molecule has 30 heavy (non-hydrogen) atoms. The van der Waals surface area contributed by atoms with Gasteiger partial charge in [0.05, 0.1) is 28.4 Å².